The molecule has 3 aromatic rings. The summed E-state index contributed by atoms with van der Waals surface area (Å²) in [7, 11) is 0. The van der Waals surface area contributed by atoms with Crippen LogP contribution in [0.1, 0.15) is 22.0 Å². The average Bonchev–Trinajstić information content (AvgIpc) is 3.24. The maximum Gasteiger partial charge on any atom is 0.309 e. The first-order valence-electron chi connectivity index (χ1n) is 8.20. The number of carbonyl (C=O) groups excluding carboxylic acids is 1. The highest BCUT2D eigenvalue weighted by molar-refractivity contribution is 5.89. The first kappa shape index (κ1) is 15.0. The fourth-order valence-corrected chi connectivity index (χ4v) is 3.22. The van der Waals surface area contributed by atoms with E-state index in [2.05, 4.69) is 39.1 Å². The van der Waals surface area contributed by atoms with E-state index in [1.165, 1.54) is 16.5 Å². The summed E-state index contributed by atoms with van der Waals surface area (Å²) in [5.41, 5.74) is 2.49. The van der Waals surface area contributed by atoms with E-state index in [4.69, 9.17) is 4.42 Å². The average molecular weight is 324 g/mol. The zero-order chi connectivity index (χ0) is 16.5. The molecule has 1 aromatic carbocycles. The lowest BCUT2D eigenvalue weighted by molar-refractivity contribution is 0.0589. The number of rotatable bonds is 3. The number of para-hydroxylation sites is 1. The quantitative estimate of drug-likeness (QED) is 0.803. The SMILES string of the molecule is Cc1cnc(C(=O)N2CCN(Cc3cccc4cc[nH]c34)CC2)o1. The van der Waals surface area contributed by atoms with Crippen molar-refractivity contribution in [3.05, 3.63) is 53.9 Å². The highest BCUT2D eigenvalue weighted by Gasteiger charge is 2.25. The van der Waals surface area contributed by atoms with Crippen molar-refractivity contribution in [2.75, 3.05) is 26.2 Å². The maximum absolute atomic E-state index is 12.4. The van der Waals surface area contributed by atoms with Gasteiger partial charge in [0.15, 0.2) is 0 Å². The lowest BCUT2D eigenvalue weighted by atomic mass is 10.1. The molecule has 1 N–H and O–H groups in total. The molecule has 0 aliphatic carbocycles. The van der Waals surface area contributed by atoms with Gasteiger partial charge in [0, 0.05) is 44.4 Å². The Hall–Kier alpha value is -2.60. The van der Waals surface area contributed by atoms with E-state index in [1.54, 1.807) is 13.1 Å². The first-order chi connectivity index (χ1) is 11.7. The third kappa shape index (κ3) is 2.80. The van der Waals surface area contributed by atoms with Crippen molar-refractivity contribution >= 4 is 16.8 Å². The summed E-state index contributed by atoms with van der Waals surface area (Å²) in [6, 6.07) is 8.46. The van der Waals surface area contributed by atoms with Crippen molar-refractivity contribution in [2.24, 2.45) is 0 Å². The second-order valence-corrected chi connectivity index (χ2v) is 6.20. The van der Waals surface area contributed by atoms with Gasteiger partial charge in [-0.3, -0.25) is 9.69 Å². The number of hydrogen-bond acceptors (Lipinski definition) is 4. The Kier molecular flexibility index (Phi) is 3.82. The van der Waals surface area contributed by atoms with Crippen LogP contribution in [0, 0.1) is 6.92 Å². The minimum atomic E-state index is -0.116. The summed E-state index contributed by atoms with van der Waals surface area (Å²) in [5, 5.41) is 1.24. The Bertz CT molecular complexity index is 859. The Balaban J connectivity index is 1.39. The molecular formula is C18H20N4O2. The van der Waals surface area contributed by atoms with Crippen LogP contribution in [0.25, 0.3) is 10.9 Å². The fourth-order valence-electron chi connectivity index (χ4n) is 3.22. The molecule has 3 heterocycles. The van der Waals surface area contributed by atoms with Gasteiger partial charge in [0.25, 0.3) is 5.89 Å². The number of aryl methyl sites for hydroxylation is 1. The Labute approximate surface area is 140 Å². The van der Waals surface area contributed by atoms with Crippen molar-refractivity contribution in [1.29, 1.82) is 0 Å². The normalized spacial score (nSPS) is 16.0. The number of carbonyl (C=O) groups is 1. The molecule has 24 heavy (non-hydrogen) atoms. The number of H-pyrrole nitrogens is 1. The Morgan fingerprint density at radius 2 is 2.08 bits per heavy atom. The number of nitrogens with zero attached hydrogens (tertiary/aromatic N) is 3. The van der Waals surface area contributed by atoms with Gasteiger partial charge in [-0.15, -0.1) is 0 Å². The molecule has 0 unspecified atom stereocenters. The lowest BCUT2D eigenvalue weighted by Gasteiger charge is -2.34. The van der Waals surface area contributed by atoms with Crippen molar-refractivity contribution in [1.82, 2.24) is 19.8 Å². The van der Waals surface area contributed by atoms with E-state index >= 15 is 0 Å². The molecule has 0 saturated carbocycles. The second kappa shape index (κ2) is 6.13. The number of amides is 1. The van der Waals surface area contributed by atoms with Gasteiger partial charge in [0.2, 0.25) is 0 Å². The number of benzene rings is 1. The van der Waals surface area contributed by atoms with Crippen LogP contribution < -0.4 is 0 Å². The molecule has 1 amide bonds. The van der Waals surface area contributed by atoms with Crippen molar-refractivity contribution < 1.29 is 9.21 Å². The monoisotopic (exact) mass is 324 g/mol. The van der Waals surface area contributed by atoms with Crippen LogP contribution in [0.2, 0.25) is 0 Å². The molecule has 4 rings (SSSR count). The van der Waals surface area contributed by atoms with Crippen LogP contribution in [0.4, 0.5) is 0 Å². The number of nitrogens with one attached hydrogen (secondary N) is 1. The number of aromatic amines is 1. The summed E-state index contributed by atoms with van der Waals surface area (Å²) in [6.45, 7) is 5.77. The summed E-state index contributed by atoms with van der Waals surface area (Å²) in [6.07, 6.45) is 3.56. The first-order valence-corrected chi connectivity index (χ1v) is 8.20. The van der Waals surface area contributed by atoms with E-state index in [-0.39, 0.29) is 11.8 Å². The molecule has 1 aliphatic rings. The van der Waals surface area contributed by atoms with Crippen LogP contribution in [-0.4, -0.2) is 51.9 Å². The smallest absolute Gasteiger partial charge is 0.309 e. The van der Waals surface area contributed by atoms with E-state index in [1.807, 2.05) is 11.1 Å². The van der Waals surface area contributed by atoms with Crippen molar-refractivity contribution in [2.45, 2.75) is 13.5 Å². The topological polar surface area (TPSA) is 65.4 Å². The molecule has 2 aromatic heterocycles. The molecule has 1 fully saturated rings. The summed E-state index contributed by atoms with van der Waals surface area (Å²) in [5.74, 6) is 0.738. The Morgan fingerprint density at radius 1 is 1.25 bits per heavy atom. The number of piperazine rings is 1. The second-order valence-electron chi connectivity index (χ2n) is 6.20. The lowest BCUT2D eigenvalue weighted by Crippen LogP contribution is -2.48. The Morgan fingerprint density at radius 3 is 2.83 bits per heavy atom. The minimum absolute atomic E-state index is 0.116. The summed E-state index contributed by atoms with van der Waals surface area (Å²) >= 11 is 0. The molecule has 0 spiro atoms. The van der Waals surface area contributed by atoms with Crippen LogP contribution in [0.5, 0.6) is 0 Å². The zero-order valence-corrected chi connectivity index (χ0v) is 13.7. The predicted octanol–water partition coefficient (Wildman–Crippen LogP) is 2.42. The maximum atomic E-state index is 12.4. The van der Waals surface area contributed by atoms with Crippen molar-refractivity contribution in [3.63, 3.8) is 0 Å². The third-order valence-corrected chi connectivity index (χ3v) is 4.53. The van der Waals surface area contributed by atoms with Gasteiger partial charge in [0.05, 0.1) is 6.20 Å². The van der Waals surface area contributed by atoms with Gasteiger partial charge < -0.3 is 14.3 Å². The standard InChI is InChI=1S/C18H20N4O2/c1-13-11-20-17(24-13)18(23)22-9-7-21(8-10-22)12-15-4-2-3-14-5-6-19-16(14)15/h2-6,11,19H,7-10,12H2,1H3. The van der Waals surface area contributed by atoms with Crippen molar-refractivity contribution in [3.8, 4) is 0 Å². The number of fused-ring (bicyclic) bond motifs is 1. The molecular weight excluding hydrogens is 304 g/mol. The summed E-state index contributed by atoms with van der Waals surface area (Å²) in [4.78, 5) is 23.9. The number of aromatic nitrogens is 2. The molecule has 1 aliphatic heterocycles. The minimum Gasteiger partial charge on any atom is -0.438 e. The molecule has 6 heteroatoms. The zero-order valence-electron chi connectivity index (χ0n) is 13.7. The fraction of sp³-hybridized carbons (Fsp3) is 0.333. The molecule has 0 bridgehead atoms. The highest BCUT2D eigenvalue weighted by atomic mass is 16.4. The molecule has 1 saturated heterocycles. The van der Waals surface area contributed by atoms with E-state index < -0.39 is 0 Å². The molecule has 0 radical (unpaired) electrons. The molecule has 0 atom stereocenters. The van der Waals surface area contributed by atoms with Gasteiger partial charge in [-0.2, -0.15) is 0 Å². The van der Waals surface area contributed by atoms with Gasteiger partial charge in [-0.25, -0.2) is 4.98 Å². The van der Waals surface area contributed by atoms with E-state index in [0.717, 1.165) is 19.6 Å². The molecule has 124 valence electrons. The predicted molar refractivity (Wildman–Crippen MR) is 90.7 cm³/mol. The largest absolute Gasteiger partial charge is 0.438 e. The van der Waals surface area contributed by atoms with Gasteiger partial charge in [-0.1, -0.05) is 18.2 Å². The van der Waals surface area contributed by atoms with E-state index in [0.29, 0.717) is 18.8 Å². The van der Waals surface area contributed by atoms with Crippen LogP contribution in [0.3, 0.4) is 0 Å². The van der Waals surface area contributed by atoms with Gasteiger partial charge in [0.1, 0.15) is 5.76 Å². The number of oxazole rings is 1. The van der Waals surface area contributed by atoms with E-state index in [9.17, 15) is 4.79 Å². The van der Waals surface area contributed by atoms with Gasteiger partial charge >= 0.3 is 5.91 Å². The highest BCUT2D eigenvalue weighted by Crippen LogP contribution is 2.19. The van der Waals surface area contributed by atoms with Crippen LogP contribution in [0.15, 0.2) is 41.1 Å². The van der Waals surface area contributed by atoms with Crippen LogP contribution in [-0.2, 0) is 6.54 Å². The summed E-state index contributed by atoms with van der Waals surface area (Å²) < 4.78 is 5.34. The number of hydrogen-bond donors (Lipinski definition) is 1. The van der Waals surface area contributed by atoms with Gasteiger partial charge in [-0.05, 0) is 23.9 Å². The molecule has 6 nitrogen and oxygen atoms in total. The third-order valence-electron chi connectivity index (χ3n) is 4.53. The van der Waals surface area contributed by atoms with Crippen LogP contribution >= 0.6 is 0 Å².